The molecule has 1 unspecified atom stereocenters. The Morgan fingerprint density at radius 3 is 2.95 bits per heavy atom. The van der Waals surface area contributed by atoms with Crippen molar-refractivity contribution in [3.8, 4) is 0 Å². The zero-order valence-corrected chi connectivity index (χ0v) is 12.3. The van der Waals surface area contributed by atoms with Gasteiger partial charge in [0.15, 0.2) is 0 Å². The average Bonchev–Trinajstić information content (AvgIpc) is 2.52. The van der Waals surface area contributed by atoms with Crippen LogP contribution in [0.1, 0.15) is 35.2 Å². The molecule has 0 saturated carbocycles. The number of piperidine rings is 1. The van der Waals surface area contributed by atoms with Crippen molar-refractivity contribution in [1.29, 1.82) is 0 Å². The third-order valence-electron chi connectivity index (χ3n) is 3.79. The lowest BCUT2D eigenvalue weighted by Crippen LogP contribution is -2.42. The number of rotatable bonds is 4. The van der Waals surface area contributed by atoms with Gasteiger partial charge in [0.2, 0.25) is 5.91 Å². The van der Waals surface area contributed by atoms with Gasteiger partial charge in [0.25, 0.3) is 5.91 Å². The van der Waals surface area contributed by atoms with Gasteiger partial charge < -0.3 is 15.3 Å². The summed E-state index contributed by atoms with van der Waals surface area (Å²) >= 11 is 0. The van der Waals surface area contributed by atoms with Gasteiger partial charge in [-0.15, -0.1) is 0 Å². The van der Waals surface area contributed by atoms with Gasteiger partial charge in [-0.3, -0.25) is 9.59 Å². The van der Waals surface area contributed by atoms with Crippen LogP contribution in [-0.4, -0.2) is 48.1 Å². The normalized spacial score (nSPS) is 18.4. The van der Waals surface area contributed by atoms with Crippen molar-refractivity contribution in [2.75, 3.05) is 20.1 Å². The molecule has 2 amide bonds. The number of aryl methyl sites for hydroxylation is 1. The number of aliphatic hydroxyl groups excluding tert-OH is 1. The van der Waals surface area contributed by atoms with Crippen molar-refractivity contribution >= 4 is 11.8 Å². The summed E-state index contributed by atoms with van der Waals surface area (Å²) in [6, 6.07) is 7.32. The first-order chi connectivity index (χ1) is 10.1. The summed E-state index contributed by atoms with van der Waals surface area (Å²) in [6.07, 6.45) is 2.26. The third-order valence-corrected chi connectivity index (χ3v) is 3.79. The number of nitrogens with one attached hydrogen (secondary N) is 1. The van der Waals surface area contributed by atoms with Crippen LogP contribution in [0.5, 0.6) is 0 Å². The number of amides is 2. The van der Waals surface area contributed by atoms with E-state index >= 15 is 0 Å². The summed E-state index contributed by atoms with van der Waals surface area (Å²) in [5.41, 5.74) is 1.58. The highest BCUT2D eigenvalue weighted by atomic mass is 16.3. The van der Waals surface area contributed by atoms with Crippen LogP contribution >= 0.6 is 0 Å². The molecule has 0 radical (unpaired) electrons. The molecule has 0 aromatic heterocycles. The number of carbonyl (C=O) groups is 2. The maximum atomic E-state index is 12.1. The zero-order chi connectivity index (χ0) is 15.2. The van der Waals surface area contributed by atoms with Gasteiger partial charge in [0.1, 0.15) is 0 Å². The van der Waals surface area contributed by atoms with Crippen LogP contribution < -0.4 is 5.32 Å². The predicted octanol–water partition coefficient (Wildman–Crippen LogP) is 0.962. The lowest BCUT2D eigenvalue weighted by Gasteiger charge is -2.30. The van der Waals surface area contributed by atoms with E-state index in [-0.39, 0.29) is 17.9 Å². The standard InChI is InChI=1S/C16H22N2O3/c1-17-16(21)13-5-2-4-12(10-13)7-8-15(20)18-9-3-6-14(19)11-18/h2,4-5,10,14,19H,3,6-9,11H2,1H3,(H,17,21). The van der Waals surface area contributed by atoms with Crippen molar-refractivity contribution in [3.63, 3.8) is 0 Å². The Morgan fingerprint density at radius 1 is 1.43 bits per heavy atom. The highest BCUT2D eigenvalue weighted by Gasteiger charge is 2.21. The Labute approximate surface area is 125 Å². The Hall–Kier alpha value is -1.88. The molecule has 1 aliphatic rings. The number of hydrogen-bond acceptors (Lipinski definition) is 3. The van der Waals surface area contributed by atoms with E-state index in [1.165, 1.54) is 0 Å². The number of β-amino-alcohol motifs (C(OH)–C–C–N with tert-alkyl or cyclic N) is 1. The molecule has 0 aliphatic carbocycles. The average molecular weight is 290 g/mol. The maximum absolute atomic E-state index is 12.1. The molecule has 1 atom stereocenters. The van der Waals surface area contributed by atoms with Gasteiger partial charge >= 0.3 is 0 Å². The number of aliphatic hydroxyl groups is 1. The molecule has 21 heavy (non-hydrogen) atoms. The van der Waals surface area contributed by atoms with Crippen LogP contribution in [0.15, 0.2) is 24.3 Å². The highest BCUT2D eigenvalue weighted by molar-refractivity contribution is 5.94. The topological polar surface area (TPSA) is 69.6 Å². The molecule has 1 saturated heterocycles. The second-order valence-corrected chi connectivity index (χ2v) is 5.42. The van der Waals surface area contributed by atoms with E-state index in [4.69, 9.17) is 0 Å². The summed E-state index contributed by atoms with van der Waals surface area (Å²) in [5, 5.41) is 12.2. The summed E-state index contributed by atoms with van der Waals surface area (Å²) in [5.74, 6) is -0.0542. The molecule has 1 aromatic carbocycles. The van der Waals surface area contributed by atoms with E-state index in [2.05, 4.69) is 5.32 Å². The molecular weight excluding hydrogens is 268 g/mol. The van der Waals surface area contributed by atoms with Crippen LogP contribution in [0.2, 0.25) is 0 Å². The first kappa shape index (κ1) is 15.5. The fourth-order valence-corrected chi connectivity index (χ4v) is 2.60. The van der Waals surface area contributed by atoms with Crippen LogP contribution in [-0.2, 0) is 11.2 Å². The molecule has 1 fully saturated rings. The number of nitrogens with zero attached hydrogens (tertiary/aromatic N) is 1. The molecule has 1 aliphatic heterocycles. The summed E-state index contributed by atoms with van der Waals surface area (Å²) in [7, 11) is 1.60. The van der Waals surface area contributed by atoms with Gasteiger partial charge in [0, 0.05) is 32.1 Å². The first-order valence-corrected chi connectivity index (χ1v) is 7.37. The number of benzene rings is 1. The van der Waals surface area contributed by atoms with E-state index < -0.39 is 0 Å². The molecule has 5 nitrogen and oxygen atoms in total. The van der Waals surface area contributed by atoms with E-state index in [1.54, 1.807) is 18.0 Å². The highest BCUT2D eigenvalue weighted by Crippen LogP contribution is 2.13. The van der Waals surface area contributed by atoms with Gasteiger partial charge in [-0.2, -0.15) is 0 Å². The van der Waals surface area contributed by atoms with Gasteiger partial charge in [-0.1, -0.05) is 12.1 Å². The Balaban J connectivity index is 1.90. The minimum Gasteiger partial charge on any atom is -0.391 e. The smallest absolute Gasteiger partial charge is 0.251 e. The third kappa shape index (κ3) is 4.29. The molecule has 114 valence electrons. The molecule has 0 bridgehead atoms. The number of hydrogen-bond donors (Lipinski definition) is 2. The van der Waals surface area contributed by atoms with Crippen LogP contribution in [0.25, 0.3) is 0 Å². The lowest BCUT2D eigenvalue weighted by molar-refractivity contribution is -0.134. The number of carbonyl (C=O) groups excluding carboxylic acids is 2. The van der Waals surface area contributed by atoms with Crippen molar-refractivity contribution < 1.29 is 14.7 Å². The SMILES string of the molecule is CNC(=O)c1cccc(CCC(=O)N2CCCC(O)C2)c1. The molecule has 2 rings (SSSR count). The van der Waals surface area contributed by atoms with E-state index in [9.17, 15) is 14.7 Å². The fourth-order valence-electron chi connectivity index (χ4n) is 2.60. The quantitative estimate of drug-likeness (QED) is 0.868. The van der Waals surface area contributed by atoms with Gasteiger partial charge in [-0.05, 0) is 37.0 Å². The van der Waals surface area contributed by atoms with Crippen molar-refractivity contribution in [2.45, 2.75) is 31.8 Å². The minimum absolute atomic E-state index is 0.0686. The molecular formula is C16H22N2O3. The van der Waals surface area contributed by atoms with Gasteiger partial charge in [-0.25, -0.2) is 0 Å². The Kier molecular flexibility index (Phi) is 5.33. The first-order valence-electron chi connectivity index (χ1n) is 7.37. The Bertz CT molecular complexity index is 516. The molecule has 0 spiro atoms. The van der Waals surface area contributed by atoms with E-state index in [0.29, 0.717) is 24.9 Å². The largest absolute Gasteiger partial charge is 0.391 e. The van der Waals surface area contributed by atoms with Crippen molar-refractivity contribution in [1.82, 2.24) is 10.2 Å². The second kappa shape index (κ2) is 7.22. The summed E-state index contributed by atoms with van der Waals surface area (Å²) in [4.78, 5) is 25.4. The van der Waals surface area contributed by atoms with Crippen LogP contribution in [0, 0.1) is 0 Å². The van der Waals surface area contributed by atoms with Crippen molar-refractivity contribution in [2.24, 2.45) is 0 Å². The van der Waals surface area contributed by atoms with E-state index in [1.807, 2.05) is 18.2 Å². The van der Waals surface area contributed by atoms with Crippen molar-refractivity contribution in [3.05, 3.63) is 35.4 Å². The zero-order valence-electron chi connectivity index (χ0n) is 12.3. The minimum atomic E-state index is -0.390. The summed E-state index contributed by atoms with van der Waals surface area (Å²) < 4.78 is 0. The number of likely N-dealkylation sites (tertiary alicyclic amines) is 1. The van der Waals surface area contributed by atoms with Crippen LogP contribution in [0.3, 0.4) is 0 Å². The van der Waals surface area contributed by atoms with E-state index in [0.717, 1.165) is 24.9 Å². The molecule has 1 aromatic rings. The molecule has 5 heteroatoms. The van der Waals surface area contributed by atoms with Gasteiger partial charge in [0.05, 0.1) is 6.10 Å². The van der Waals surface area contributed by atoms with Crippen LogP contribution in [0.4, 0.5) is 0 Å². The molecule has 1 heterocycles. The summed E-state index contributed by atoms with van der Waals surface area (Å²) in [6.45, 7) is 1.17. The predicted molar refractivity (Wildman–Crippen MR) is 80.0 cm³/mol. The second-order valence-electron chi connectivity index (χ2n) is 5.42. The molecule has 2 N–H and O–H groups in total. The maximum Gasteiger partial charge on any atom is 0.251 e. The monoisotopic (exact) mass is 290 g/mol. The Morgan fingerprint density at radius 2 is 2.24 bits per heavy atom. The lowest BCUT2D eigenvalue weighted by atomic mass is 10.0. The fraction of sp³-hybridized carbons (Fsp3) is 0.500.